The van der Waals surface area contributed by atoms with Crippen molar-refractivity contribution in [3.63, 3.8) is 0 Å². The predicted octanol–water partition coefficient (Wildman–Crippen LogP) is 7.77. The Balaban J connectivity index is 0.000000521. The maximum absolute atomic E-state index is 2.19. The van der Waals surface area contributed by atoms with E-state index in [1.807, 2.05) is 13.8 Å². The Bertz CT molecular complexity index is 679. The molecule has 3 aromatic rings. The number of hydrogen-bond donors (Lipinski definition) is 0. The van der Waals surface area contributed by atoms with Gasteiger partial charge in [-0.2, -0.15) is 0 Å². The first-order chi connectivity index (χ1) is 11.8. The van der Waals surface area contributed by atoms with Crippen molar-refractivity contribution in [1.29, 1.82) is 0 Å². The van der Waals surface area contributed by atoms with Crippen LogP contribution in [0.3, 0.4) is 0 Å². The molecule has 0 aliphatic rings. The van der Waals surface area contributed by atoms with Crippen molar-refractivity contribution in [2.24, 2.45) is 0 Å². The van der Waals surface area contributed by atoms with Gasteiger partial charge in [0, 0.05) is 0 Å². The monoisotopic (exact) mass is 318 g/mol. The molecule has 0 bridgehead atoms. The van der Waals surface area contributed by atoms with Gasteiger partial charge in [-0.25, -0.2) is 0 Å². The van der Waals surface area contributed by atoms with Gasteiger partial charge in [-0.15, -0.1) is 0 Å². The summed E-state index contributed by atoms with van der Waals surface area (Å²) in [6.07, 6.45) is 1.25. The average Bonchev–Trinajstić information content (AvgIpc) is 2.65. The fourth-order valence-corrected chi connectivity index (χ4v) is 2.34. The normalized spacial score (nSPS) is 9.21. The number of rotatable bonds is 2. The van der Waals surface area contributed by atoms with Gasteiger partial charge in [0.05, 0.1) is 0 Å². The zero-order valence-electron chi connectivity index (χ0n) is 15.7. The molecule has 0 atom stereocenters. The highest BCUT2D eigenvalue weighted by Gasteiger charge is 2.05. The van der Waals surface area contributed by atoms with Crippen LogP contribution < -0.4 is 0 Å². The van der Waals surface area contributed by atoms with Gasteiger partial charge >= 0.3 is 0 Å². The van der Waals surface area contributed by atoms with E-state index >= 15 is 0 Å². The van der Waals surface area contributed by atoms with Crippen LogP contribution in [0.1, 0.15) is 39.7 Å². The lowest BCUT2D eigenvalue weighted by molar-refractivity contribution is 1.09. The summed E-state index contributed by atoms with van der Waals surface area (Å²) in [6, 6.07) is 27.8. The topological polar surface area (TPSA) is 0 Å². The van der Waals surface area contributed by atoms with E-state index in [2.05, 4.69) is 99.6 Å². The Morgan fingerprint density at radius 2 is 0.917 bits per heavy atom. The number of benzene rings is 3. The minimum absolute atomic E-state index is 1.25. The minimum atomic E-state index is 1.25. The highest BCUT2D eigenvalue weighted by molar-refractivity contribution is 5.83. The summed E-state index contributed by atoms with van der Waals surface area (Å²) < 4.78 is 0. The van der Waals surface area contributed by atoms with Crippen LogP contribution in [0, 0.1) is 6.92 Å². The largest absolute Gasteiger partial charge is 0.0683 e. The summed E-state index contributed by atoms with van der Waals surface area (Å²) in [6.45, 7) is 10.4. The predicted molar refractivity (Wildman–Crippen MR) is 109 cm³/mol. The molecule has 0 spiro atoms. The van der Waals surface area contributed by atoms with E-state index in [1.54, 1.807) is 0 Å². The summed E-state index contributed by atoms with van der Waals surface area (Å²) in [7, 11) is 0. The third-order valence-corrected chi connectivity index (χ3v) is 3.37. The molecule has 0 unspecified atom stereocenters. The van der Waals surface area contributed by atoms with Crippen LogP contribution >= 0.6 is 0 Å². The number of aryl methyl sites for hydroxylation is 1. The lowest BCUT2D eigenvalue weighted by Gasteiger charge is -2.10. The Kier molecular flexibility index (Phi) is 9.23. The molecule has 0 amide bonds. The summed E-state index contributed by atoms with van der Waals surface area (Å²) in [5.74, 6) is 0. The first-order valence-corrected chi connectivity index (χ1v) is 8.97. The molecule has 126 valence electrons. The van der Waals surface area contributed by atoms with Crippen molar-refractivity contribution in [3.05, 3.63) is 84.4 Å². The van der Waals surface area contributed by atoms with Crippen LogP contribution in [0.25, 0.3) is 22.3 Å². The van der Waals surface area contributed by atoms with Crippen molar-refractivity contribution in [3.8, 4) is 22.3 Å². The molecule has 0 heteroatoms. The molecule has 0 aromatic heterocycles. The van der Waals surface area contributed by atoms with Crippen molar-refractivity contribution in [2.75, 3.05) is 0 Å². The lowest BCUT2D eigenvalue weighted by atomic mass is 9.94. The van der Waals surface area contributed by atoms with Crippen LogP contribution in [0.2, 0.25) is 0 Å². The summed E-state index contributed by atoms with van der Waals surface area (Å²) in [5, 5.41) is 0. The van der Waals surface area contributed by atoms with Crippen LogP contribution in [0.4, 0.5) is 0 Å². The summed E-state index contributed by atoms with van der Waals surface area (Å²) >= 11 is 0. The highest BCUT2D eigenvalue weighted by Crippen LogP contribution is 2.31. The Hall–Kier alpha value is -2.34. The average molecular weight is 319 g/mol. The quantitative estimate of drug-likeness (QED) is 0.452. The molecule has 0 saturated heterocycles. The van der Waals surface area contributed by atoms with Gasteiger partial charge in [-0.3, -0.25) is 0 Å². The molecule has 0 aliphatic heterocycles. The molecule has 3 aromatic carbocycles. The molecular weight excluding hydrogens is 288 g/mol. The van der Waals surface area contributed by atoms with Gasteiger partial charge < -0.3 is 0 Å². The van der Waals surface area contributed by atoms with Crippen molar-refractivity contribution < 1.29 is 0 Å². The van der Waals surface area contributed by atoms with Crippen LogP contribution in [0.15, 0.2) is 78.9 Å². The second-order valence-corrected chi connectivity index (χ2v) is 5.48. The zero-order valence-corrected chi connectivity index (χ0v) is 15.7. The van der Waals surface area contributed by atoms with Gasteiger partial charge in [-0.1, -0.05) is 119 Å². The van der Waals surface area contributed by atoms with Gasteiger partial charge in [0.2, 0.25) is 0 Å². The second-order valence-electron chi connectivity index (χ2n) is 5.48. The molecule has 0 saturated carbocycles. The molecule has 0 nitrogen and oxygen atoms in total. The van der Waals surface area contributed by atoms with Gasteiger partial charge in [0.25, 0.3) is 0 Å². The zero-order chi connectivity index (χ0) is 17.8. The van der Waals surface area contributed by atoms with Crippen LogP contribution in [-0.4, -0.2) is 0 Å². The smallest absolute Gasteiger partial charge is 0.0105 e. The molecular formula is C24H30. The Labute approximate surface area is 148 Å². The summed E-state index contributed by atoms with van der Waals surface area (Å²) in [5.41, 5.74) is 6.39. The third-order valence-electron chi connectivity index (χ3n) is 3.37. The molecule has 0 fully saturated rings. The van der Waals surface area contributed by atoms with E-state index in [1.165, 1.54) is 34.2 Å². The molecule has 0 radical (unpaired) electrons. The van der Waals surface area contributed by atoms with Crippen molar-refractivity contribution in [1.82, 2.24) is 0 Å². The minimum Gasteiger partial charge on any atom is -0.0683 e. The van der Waals surface area contributed by atoms with Gasteiger partial charge in [-0.05, 0) is 29.2 Å². The van der Waals surface area contributed by atoms with E-state index in [9.17, 15) is 0 Å². The standard InChI is InChI=1S/C19H16.C3H8.C2H6/c1-15-11-13-17(14-12-15)19-10-6-5-9-18(19)16-7-3-2-4-8-16;1-3-2;1-2/h2-14H,1H3;3H2,1-2H3;1-2H3. The fourth-order valence-electron chi connectivity index (χ4n) is 2.34. The highest BCUT2D eigenvalue weighted by atomic mass is 14.1. The molecule has 0 aliphatic carbocycles. The van der Waals surface area contributed by atoms with E-state index < -0.39 is 0 Å². The van der Waals surface area contributed by atoms with Crippen LogP contribution in [-0.2, 0) is 0 Å². The van der Waals surface area contributed by atoms with E-state index in [0.717, 1.165) is 0 Å². The van der Waals surface area contributed by atoms with Crippen molar-refractivity contribution >= 4 is 0 Å². The van der Waals surface area contributed by atoms with Gasteiger partial charge in [0.1, 0.15) is 0 Å². The fraction of sp³-hybridized carbons (Fsp3) is 0.250. The SMILES string of the molecule is CC.CCC.Cc1ccc(-c2ccccc2-c2ccccc2)cc1. The lowest BCUT2D eigenvalue weighted by Crippen LogP contribution is -1.84. The maximum Gasteiger partial charge on any atom is -0.0105 e. The maximum atomic E-state index is 2.19. The third kappa shape index (κ3) is 5.70. The van der Waals surface area contributed by atoms with Crippen LogP contribution in [0.5, 0.6) is 0 Å². The van der Waals surface area contributed by atoms with E-state index in [-0.39, 0.29) is 0 Å². The first kappa shape index (κ1) is 19.7. The molecule has 0 N–H and O–H groups in total. The number of hydrogen-bond acceptors (Lipinski definition) is 0. The summed E-state index contributed by atoms with van der Waals surface area (Å²) in [4.78, 5) is 0. The van der Waals surface area contributed by atoms with Gasteiger partial charge in [0.15, 0.2) is 0 Å². The van der Waals surface area contributed by atoms with Crippen molar-refractivity contribution in [2.45, 2.75) is 41.0 Å². The second kappa shape index (κ2) is 11.2. The first-order valence-electron chi connectivity index (χ1n) is 8.97. The Morgan fingerprint density at radius 1 is 0.542 bits per heavy atom. The Morgan fingerprint density at radius 3 is 1.38 bits per heavy atom. The molecule has 24 heavy (non-hydrogen) atoms. The molecule has 0 heterocycles. The molecule has 3 rings (SSSR count). The van der Waals surface area contributed by atoms with E-state index in [4.69, 9.17) is 0 Å². The van der Waals surface area contributed by atoms with E-state index in [0.29, 0.717) is 0 Å².